The third-order valence-electron chi connectivity index (χ3n) is 2.57. The first-order valence-electron chi connectivity index (χ1n) is 5.56. The molecule has 0 aliphatic rings. The molecule has 1 rings (SSSR count). The molecule has 0 bridgehead atoms. The fourth-order valence-corrected chi connectivity index (χ4v) is 1.69. The van der Waals surface area contributed by atoms with Crippen molar-refractivity contribution >= 4 is 11.6 Å². The third-order valence-corrected chi connectivity index (χ3v) is 2.57. The van der Waals surface area contributed by atoms with Crippen LogP contribution in [0, 0.1) is 19.8 Å². The summed E-state index contributed by atoms with van der Waals surface area (Å²) in [6.45, 7) is 5.77. The van der Waals surface area contributed by atoms with Crippen molar-refractivity contribution in [3.05, 3.63) is 29.3 Å². The van der Waals surface area contributed by atoms with Crippen LogP contribution >= 0.6 is 0 Å². The van der Waals surface area contributed by atoms with Gasteiger partial charge in [-0.05, 0) is 43.5 Å². The molecule has 0 fully saturated rings. The molecule has 0 saturated heterocycles. The number of carbonyl (C=O) groups is 1. The highest BCUT2D eigenvalue weighted by Gasteiger charge is 2.15. The standard InChI is InChI=1S/C13H19NO2/c1-4-11(8-15)13(16)14-12-6-9(2)5-10(3)7-12/h5-7,11,15H,4,8H2,1-3H3,(H,14,16). The minimum atomic E-state index is -0.319. The fraction of sp³-hybridized carbons (Fsp3) is 0.462. The van der Waals surface area contributed by atoms with Crippen LogP contribution in [0.1, 0.15) is 24.5 Å². The molecule has 1 atom stereocenters. The summed E-state index contributed by atoms with van der Waals surface area (Å²) in [7, 11) is 0. The quantitative estimate of drug-likeness (QED) is 0.819. The maximum atomic E-state index is 11.7. The van der Waals surface area contributed by atoms with Crippen LogP contribution in [-0.4, -0.2) is 17.6 Å². The Balaban J connectivity index is 2.76. The highest BCUT2D eigenvalue weighted by molar-refractivity contribution is 5.92. The highest BCUT2D eigenvalue weighted by atomic mass is 16.3. The van der Waals surface area contributed by atoms with E-state index in [-0.39, 0.29) is 18.4 Å². The van der Waals surface area contributed by atoms with Crippen LogP contribution in [0.3, 0.4) is 0 Å². The van der Waals surface area contributed by atoms with Crippen molar-refractivity contribution in [1.82, 2.24) is 0 Å². The normalized spacial score (nSPS) is 12.2. The molecule has 1 aromatic carbocycles. The number of hydrogen-bond donors (Lipinski definition) is 2. The third kappa shape index (κ3) is 3.35. The van der Waals surface area contributed by atoms with Crippen molar-refractivity contribution in [3.63, 3.8) is 0 Å². The van der Waals surface area contributed by atoms with Crippen molar-refractivity contribution in [3.8, 4) is 0 Å². The monoisotopic (exact) mass is 221 g/mol. The van der Waals surface area contributed by atoms with E-state index in [0.29, 0.717) is 6.42 Å². The Kier molecular flexibility index (Phi) is 4.50. The number of aliphatic hydroxyl groups is 1. The Morgan fingerprint density at radius 2 is 1.88 bits per heavy atom. The first-order chi connectivity index (χ1) is 7.56. The maximum absolute atomic E-state index is 11.7. The van der Waals surface area contributed by atoms with Crippen LogP contribution in [0.2, 0.25) is 0 Å². The Hall–Kier alpha value is -1.35. The van der Waals surface area contributed by atoms with Crippen LogP contribution in [0.15, 0.2) is 18.2 Å². The van der Waals surface area contributed by atoms with Crippen LogP contribution in [0.4, 0.5) is 5.69 Å². The molecule has 0 saturated carbocycles. The van der Waals surface area contributed by atoms with Crippen molar-refractivity contribution in [2.24, 2.45) is 5.92 Å². The Bertz CT molecular complexity index is 350. The van der Waals surface area contributed by atoms with Gasteiger partial charge < -0.3 is 10.4 Å². The second-order valence-electron chi connectivity index (χ2n) is 4.15. The molecular formula is C13H19NO2. The number of carbonyl (C=O) groups excluding carboxylic acids is 1. The summed E-state index contributed by atoms with van der Waals surface area (Å²) in [5, 5.41) is 11.8. The Morgan fingerprint density at radius 1 is 1.31 bits per heavy atom. The summed E-state index contributed by atoms with van der Waals surface area (Å²) in [4.78, 5) is 11.7. The molecule has 16 heavy (non-hydrogen) atoms. The molecule has 1 unspecified atom stereocenters. The van der Waals surface area contributed by atoms with Crippen molar-refractivity contribution < 1.29 is 9.90 Å². The van der Waals surface area contributed by atoms with Gasteiger partial charge in [0.2, 0.25) is 5.91 Å². The van der Waals surface area contributed by atoms with Crippen molar-refractivity contribution in [2.45, 2.75) is 27.2 Å². The number of aliphatic hydroxyl groups excluding tert-OH is 1. The maximum Gasteiger partial charge on any atom is 0.229 e. The van der Waals surface area contributed by atoms with Gasteiger partial charge >= 0.3 is 0 Å². The SMILES string of the molecule is CCC(CO)C(=O)Nc1cc(C)cc(C)c1. The van der Waals surface area contributed by atoms with Gasteiger partial charge in [0, 0.05) is 5.69 Å². The lowest BCUT2D eigenvalue weighted by molar-refractivity contribution is -0.121. The predicted molar refractivity (Wildman–Crippen MR) is 65.4 cm³/mol. The summed E-state index contributed by atoms with van der Waals surface area (Å²) in [6, 6.07) is 5.91. The number of hydrogen-bond acceptors (Lipinski definition) is 2. The van der Waals surface area contributed by atoms with Crippen molar-refractivity contribution in [2.75, 3.05) is 11.9 Å². The molecule has 1 aromatic rings. The number of anilines is 1. The van der Waals surface area contributed by atoms with E-state index in [2.05, 4.69) is 11.4 Å². The molecule has 3 nitrogen and oxygen atoms in total. The number of benzene rings is 1. The smallest absolute Gasteiger partial charge is 0.229 e. The van der Waals surface area contributed by atoms with Gasteiger partial charge in [0.1, 0.15) is 0 Å². The zero-order valence-corrected chi connectivity index (χ0v) is 10.1. The van der Waals surface area contributed by atoms with Gasteiger partial charge in [-0.1, -0.05) is 13.0 Å². The van der Waals surface area contributed by atoms with E-state index in [4.69, 9.17) is 5.11 Å². The van der Waals surface area contributed by atoms with Crippen LogP contribution < -0.4 is 5.32 Å². The molecule has 0 heterocycles. The topological polar surface area (TPSA) is 49.3 Å². The molecule has 0 aromatic heterocycles. The first-order valence-corrected chi connectivity index (χ1v) is 5.56. The largest absolute Gasteiger partial charge is 0.396 e. The molecule has 0 spiro atoms. The van der Waals surface area contributed by atoms with E-state index in [9.17, 15) is 4.79 Å². The van der Waals surface area contributed by atoms with Gasteiger partial charge in [0.15, 0.2) is 0 Å². The lowest BCUT2D eigenvalue weighted by atomic mass is 10.1. The molecule has 0 aliphatic carbocycles. The zero-order chi connectivity index (χ0) is 12.1. The first kappa shape index (κ1) is 12.7. The number of nitrogens with one attached hydrogen (secondary N) is 1. The number of aryl methyl sites for hydroxylation is 2. The van der Waals surface area contributed by atoms with Crippen molar-refractivity contribution in [1.29, 1.82) is 0 Å². The molecule has 1 amide bonds. The highest BCUT2D eigenvalue weighted by Crippen LogP contribution is 2.15. The number of amides is 1. The molecular weight excluding hydrogens is 202 g/mol. The second kappa shape index (κ2) is 5.66. The average Bonchev–Trinajstić information content (AvgIpc) is 2.17. The number of rotatable bonds is 4. The van der Waals surface area contributed by atoms with Gasteiger partial charge in [0.05, 0.1) is 12.5 Å². The molecule has 0 aliphatic heterocycles. The van der Waals surface area contributed by atoms with E-state index in [0.717, 1.165) is 16.8 Å². The molecule has 2 N–H and O–H groups in total. The minimum absolute atomic E-state index is 0.104. The van der Waals surface area contributed by atoms with Gasteiger partial charge in [-0.3, -0.25) is 4.79 Å². The lowest BCUT2D eigenvalue weighted by Gasteiger charge is -2.13. The van der Waals surface area contributed by atoms with Gasteiger partial charge in [-0.2, -0.15) is 0 Å². The lowest BCUT2D eigenvalue weighted by Crippen LogP contribution is -2.25. The van der Waals surface area contributed by atoms with E-state index in [1.165, 1.54) is 0 Å². The Labute approximate surface area is 96.5 Å². The van der Waals surface area contributed by atoms with E-state index < -0.39 is 0 Å². The summed E-state index contributed by atoms with van der Waals surface area (Å²) in [5.41, 5.74) is 3.04. The summed E-state index contributed by atoms with van der Waals surface area (Å²) >= 11 is 0. The van der Waals surface area contributed by atoms with Gasteiger partial charge in [-0.15, -0.1) is 0 Å². The second-order valence-corrected chi connectivity index (χ2v) is 4.15. The summed E-state index contributed by atoms with van der Waals surface area (Å²) in [5.74, 6) is -0.434. The molecule has 0 radical (unpaired) electrons. The van der Waals surface area contributed by atoms with Gasteiger partial charge in [-0.25, -0.2) is 0 Å². The fourth-order valence-electron chi connectivity index (χ4n) is 1.69. The van der Waals surface area contributed by atoms with E-state index in [1.54, 1.807) is 0 Å². The van der Waals surface area contributed by atoms with E-state index >= 15 is 0 Å². The van der Waals surface area contributed by atoms with Crippen LogP contribution in [0.5, 0.6) is 0 Å². The molecule has 88 valence electrons. The minimum Gasteiger partial charge on any atom is -0.396 e. The average molecular weight is 221 g/mol. The van der Waals surface area contributed by atoms with Crippen LogP contribution in [-0.2, 0) is 4.79 Å². The zero-order valence-electron chi connectivity index (χ0n) is 10.1. The molecule has 3 heteroatoms. The Morgan fingerprint density at radius 3 is 2.31 bits per heavy atom. The van der Waals surface area contributed by atoms with Gasteiger partial charge in [0.25, 0.3) is 0 Å². The summed E-state index contributed by atoms with van der Waals surface area (Å²) in [6.07, 6.45) is 0.646. The van der Waals surface area contributed by atoms with E-state index in [1.807, 2.05) is 32.9 Å². The predicted octanol–water partition coefficient (Wildman–Crippen LogP) is 2.26. The summed E-state index contributed by atoms with van der Waals surface area (Å²) < 4.78 is 0. The van der Waals surface area contributed by atoms with Crippen LogP contribution in [0.25, 0.3) is 0 Å².